The van der Waals surface area contributed by atoms with Crippen molar-refractivity contribution in [2.24, 2.45) is 0 Å². The van der Waals surface area contributed by atoms with E-state index in [1.165, 1.54) is 11.8 Å². The zero-order valence-corrected chi connectivity index (χ0v) is 10.6. The first-order chi connectivity index (χ1) is 8.13. The second kappa shape index (κ2) is 7.20. The first-order valence-electron chi connectivity index (χ1n) is 5.41. The second-order valence-electron chi connectivity index (χ2n) is 4.05. The summed E-state index contributed by atoms with van der Waals surface area (Å²) < 4.78 is 35.5. The molecule has 0 radical (unpaired) electrons. The van der Waals surface area contributed by atoms with Gasteiger partial charge in [-0.25, -0.2) is 0 Å². The van der Waals surface area contributed by atoms with E-state index < -0.39 is 24.7 Å². The summed E-state index contributed by atoms with van der Waals surface area (Å²) in [6, 6.07) is -0.776. The van der Waals surface area contributed by atoms with Crippen LogP contribution >= 0.6 is 0 Å². The molecule has 106 valence electrons. The van der Waals surface area contributed by atoms with Crippen LogP contribution in [0, 0.1) is 0 Å². The maximum atomic E-state index is 11.8. The van der Waals surface area contributed by atoms with Gasteiger partial charge in [0.1, 0.15) is 6.54 Å². The van der Waals surface area contributed by atoms with Crippen LogP contribution in [-0.4, -0.2) is 56.1 Å². The van der Waals surface area contributed by atoms with Crippen LogP contribution in [0.2, 0.25) is 0 Å². The van der Waals surface area contributed by atoms with Gasteiger partial charge in [0.05, 0.1) is 6.04 Å². The Balaban J connectivity index is 3.85. The number of amides is 2. The Bertz CT molecular complexity index is 293. The lowest BCUT2D eigenvalue weighted by Gasteiger charge is -2.16. The van der Waals surface area contributed by atoms with Gasteiger partial charge in [0, 0.05) is 27.1 Å². The number of nitrogens with zero attached hydrogens (tertiary/aromatic N) is 1. The minimum Gasteiger partial charge on any atom is -0.349 e. The number of rotatable bonds is 6. The highest BCUT2D eigenvalue weighted by Gasteiger charge is 2.28. The second-order valence-corrected chi connectivity index (χ2v) is 4.05. The molecule has 0 aromatic rings. The van der Waals surface area contributed by atoms with Gasteiger partial charge in [-0.1, -0.05) is 0 Å². The number of halogens is 3. The maximum Gasteiger partial charge on any atom is 0.405 e. The van der Waals surface area contributed by atoms with E-state index in [0.717, 1.165) is 0 Å². The van der Waals surface area contributed by atoms with Gasteiger partial charge in [-0.2, -0.15) is 13.2 Å². The Morgan fingerprint density at radius 3 is 2.28 bits per heavy atom. The molecule has 1 atom stereocenters. The number of hydrogen-bond donors (Lipinski definition) is 2. The third-order valence-corrected chi connectivity index (χ3v) is 2.14. The minimum absolute atomic E-state index is 0.120. The summed E-state index contributed by atoms with van der Waals surface area (Å²) in [5, 5.41) is 4.44. The van der Waals surface area contributed by atoms with Crippen LogP contribution in [0.4, 0.5) is 13.2 Å². The van der Waals surface area contributed by atoms with Crippen LogP contribution in [0.25, 0.3) is 0 Å². The first kappa shape index (κ1) is 16.7. The average molecular weight is 269 g/mol. The van der Waals surface area contributed by atoms with E-state index in [4.69, 9.17) is 0 Å². The van der Waals surface area contributed by atoms with Crippen molar-refractivity contribution < 1.29 is 22.8 Å². The van der Waals surface area contributed by atoms with Gasteiger partial charge in [-0.05, 0) is 6.92 Å². The van der Waals surface area contributed by atoms with Gasteiger partial charge < -0.3 is 15.5 Å². The van der Waals surface area contributed by atoms with Crippen LogP contribution in [0.15, 0.2) is 0 Å². The van der Waals surface area contributed by atoms with Gasteiger partial charge in [0.2, 0.25) is 11.8 Å². The monoisotopic (exact) mass is 269 g/mol. The highest BCUT2D eigenvalue weighted by atomic mass is 19.4. The normalized spacial score (nSPS) is 13.0. The SMILES string of the molecule is CC(NCCC(=O)N(C)C)C(=O)NCC(F)(F)F. The molecule has 0 fully saturated rings. The molecule has 2 amide bonds. The maximum absolute atomic E-state index is 11.8. The molecular formula is C10H18F3N3O2. The lowest BCUT2D eigenvalue weighted by molar-refractivity contribution is -0.139. The Morgan fingerprint density at radius 1 is 1.28 bits per heavy atom. The van der Waals surface area contributed by atoms with E-state index in [2.05, 4.69) is 5.32 Å². The van der Waals surface area contributed by atoms with Crippen LogP contribution in [0.1, 0.15) is 13.3 Å². The van der Waals surface area contributed by atoms with Crippen molar-refractivity contribution in [3.63, 3.8) is 0 Å². The molecule has 1 unspecified atom stereocenters. The Kier molecular flexibility index (Phi) is 6.67. The summed E-state index contributed by atoms with van der Waals surface area (Å²) in [6.45, 7) is 0.317. The topological polar surface area (TPSA) is 61.4 Å². The van der Waals surface area contributed by atoms with Gasteiger partial charge in [0.15, 0.2) is 0 Å². The minimum atomic E-state index is -4.42. The lowest BCUT2D eigenvalue weighted by Crippen LogP contribution is -2.45. The predicted molar refractivity (Wildman–Crippen MR) is 59.8 cm³/mol. The summed E-state index contributed by atoms with van der Waals surface area (Å²) in [4.78, 5) is 23.8. The molecule has 18 heavy (non-hydrogen) atoms. The zero-order valence-electron chi connectivity index (χ0n) is 10.6. The van der Waals surface area contributed by atoms with Crippen LogP contribution in [-0.2, 0) is 9.59 Å². The highest BCUT2D eigenvalue weighted by Crippen LogP contribution is 2.12. The highest BCUT2D eigenvalue weighted by molar-refractivity contribution is 5.81. The molecule has 0 rings (SSSR count). The van der Waals surface area contributed by atoms with E-state index in [1.54, 1.807) is 19.4 Å². The van der Waals surface area contributed by atoms with E-state index in [0.29, 0.717) is 0 Å². The number of carbonyl (C=O) groups excluding carboxylic acids is 2. The van der Waals surface area contributed by atoms with Crippen LogP contribution in [0.5, 0.6) is 0 Å². The fraction of sp³-hybridized carbons (Fsp3) is 0.800. The number of alkyl halides is 3. The van der Waals surface area contributed by atoms with E-state index in [-0.39, 0.29) is 18.9 Å². The molecule has 0 aliphatic rings. The third-order valence-electron chi connectivity index (χ3n) is 2.14. The molecule has 0 aliphatic carbocycles. The molecule has 0 saturated carbocycles. The summed E-state index contributed by atoms with van der Waals surface area (Å²) in [5.74, 6) is -0.866. The van der Waals surface area contributed by atoms with Gasteiger partial charge in [0.25, 0.3) is 0 Å². The van der Waals surface area contributed by atoms with Crippen molar-refractivity contribution in [3.8, 4) is 0 Å². The summed E-state index contributed by atoms with van der Waals surface area (Å²) in [5.41, 5.74) is 0. The molecule has 8 heteroatoms. The molecule has 0 aromatic heterocycles. The summed E-state index contributed by atoms with van der Waals surface area (Å²) in [6.07, 6.45) is -4.24. The van der Waals surface area contributed by atoms with Crippen LogP contribution < -0.4 is 10.6 Å². The Hall–Kier alpha value is -1.31. The van der Waals surface area contributed by atoms with Gasteiger partial charge in [-0.3, -0.25) is 9.59 Å². The molecular weight excluding hydrogens is 251 g/mol. The number of hydrogen-bond acceptors (Lipinski definition) is 3. The lowest BCUT2D eigenvalue weighted by atomic mass is 10.3. The van der Waals surface area contributed by atoms with Crippen molar-refractivity contribution >= 4 is 11.8 Å². The molecule has 0 aromatic carbocycles. The number of nitrogens with one attached hydrogen (secondary N) is 2. The fourth-order valence-corrected chi connectivity index (χ4v) is 1.05. The smallest absolute Gasteiger partial charge is 0.349 e. The van der Waals surface area contributed by atoms with Crippen molar-refractivity contribution in [2.45, 2.75) is 25.6 Å². The van der Waals surface area contributed by atoms with Crippen molar-refractivity contribution in [1.29, 1.82) is 0 Å². The molecule has 0 bridgehead atoms. The van der Waals surface area contributed by atoms with Crippen LogP contribution in [0.3, 0.4) is 0 Å². The van der Waals surface area contributed by atoms with Gasteiger partial charge in [-0.15, -0.1) is 0 Å². The van der Waals surface area contributed by atoms with E-state index in [1.807, 2.05) is 0 Å². The van der Waals surface area contributed by atoms with Crippen molar-refractivity contribution in [3.05, 3.63) is 0 Å². The fourth-order valence-electron chi connectivity index (χ4n) is 1.05. The predicted octanol–water partition coefficient (Wildman–Crippen LogP) is 0.121. The molecule has 5 nitrogen and oxygen atoms in total. The third kappa shape index (κ3) is 7.88. The largest absolute Gasteiger partial charge is 0.405 e. The van der Waals surface area contributed by atoms with Gasteiger partial charge >= 0.3 is 6.18 Å². The van der Waals surface area contributed by atoms with E-state index >= 15 is 0 Å². The summed E-state index contributed by atoms with van der Waals surface area (Å²) in [7, 11) is 3.20. The number of carbonyl (C=O) groups is 2. The summed E-state index contributed by atoms with van der Waals surface area (Å²) >= 11 is 0. The molecule has 0 aliphatic heterocycles. The zero-order chi connectivity index (χ0) is 14.3. The standard InChI is InChI=1S/C10H18F3N3O2/c1-7(9(18)15-6-10(11,12)13)14-5-4-8(17)16(2)3/h7,14H,4-6H2,1-3H3,(H,15,18). The molecule has 0 heterocycles. The Morgan fingerprint density at radius 2 is 1.83 bits per heavy atom. The van der Waals surface area contributed by atoms with Crippen molar-refractivity contribution in [2.75, 3.05) is 27.2 Å². The average Bonchev–Trinajstić information content (AvgIpc) is 2.24. The molecule has 2 N–H and O–H groups in total. The molecule has 0 saturated heterocycles. The first-order valence-corrected chi connectivity index (χ1v) is 5.41. The van der Waals surface area contributed by atoms with E-state index in [9.17, 15) is 22.8 Å². The quantitative estimate of drug-likeness (QED) is 0.720. The Labute approximate surface area is 104 Å². The van der Waals surface area contributed by atoms with Crippen molar-refractivity contribution in [1.82, 2.24) is 15.5 Å². The molecule has 0 spiro atoms.